The van der Waals surface area contributed by atoms with Crippen LogP contribution in [0.2, 0.25) is 5.02 Å². The molecule has 6 heteroatoms. The standard InChI is InChI=1S/C13H16ClFN2O.ClH/c14-10-7-9(4-5-11(10)15)8-17-13(18)12-3-1-2-6-16-12;/h4-5,7,12,16H,1-3,6,8H2,(H,17,18);1H. The summed E-state index contributed by atoms with van der Waals surface area (Å²) in [5.41, 5.74) is 0.797. The minimum absolute atomic E-state index is 0. The Bertz CT molecular complexity index is 437. The molecule has 0 radical (unpaired) electrons. The van der Waals surface area contributed by atoms with E-state index in [0.717, 1.165) is 31.4 Å². The molecular formula is C13H17Cl2FN2O. The van der Waals surface area contributed by atoms with E-state index in [0.29, 0.717) is 6.54 Å². The van der Waals surface area contributed by atoms with Crippen LogP contribution in [0.5, 0.6) is 0 Å². The summed E-state index contributed by atoms with van der Waals surface area (Å²) in [7, 11) is 0. The molecule has 2 N–H and O–H groups in total. The molecular weight excluding hydrogens is 290 g/mol. The van der Waals surface area contributed by atoms with Crippen molar-refractivity contribution in [3.63, 3.8) is 0 Å². The van der Waals surface area contributed by atoms with Crippen molar-refractivity contribution in [2.75, 3.05) is 6.54 Å². The van der Waals surface area contributed by atoms with Crippen molar-refractivity contribution in [1.82, 2.24) is 10.6 Å². The maximum Gasteiger partial charge on any atom is 0.237 e. The van der Waals surface area contributed by atoms with Crippen molar-refractivity contribution in [3.05, 3.63) is 34.6 Å². The van der Waals surface area contributed by atoms with Crippen molar-refractivity contribution in [2.45, 2.75) is 31.8 Å². The first-order valence-corrected chi connectivity index (χ1v) is 6.49. The van der Waals surface area contributed by atoms with Gasteiger partial charge in [-0.2, -0.15) is 0 Å². The number of rotatable bonds is 3. The molecule has 0 spiro atoms. The number of amides is 1. The van der Waals surface area contributed by atoms with Gasteiger partial charge >= 0.3 is 0 Å². The predicted molar refractivity (Wildman–Crippen MR) is 76.1 cm³/mol. The lowest BCUT2D eigenvalue weighted by Gasteiger charge is -2.22. The topological polar surface area (TPSA) is 41.1 Å². The number of piperidine rings is 1. The highest BCUT2D eigenvalue weighted by molar-refractivity contribution is 6.30. The number of hydrogen-bond acceptors (Lipinski definition) is 2. The second kappa shape index (κ2) is 7.68. The smallest absolute Gasteiger partial charge is 0.237 e. The van der Waals surface area contributed by atoms with Gasteiger partial charge in [-0.05, 0) is 37.1 Å². The Labute approximate surface area is 123 Å². The van der Waals surface area contributed by atoms with Crippen LogP contribution < -0.4 is 10.6 Å². The lowest BCUT2D eigenvalue weighted by molar-refractivity contribution is -0.123. The molecule has 0 bridgehead atoms. The third-order valence-corrected chi connectivity index (χ3v) is 3.37. The summed E-state index contributed by atoms with van der Waals surface area (Å²) in [5, 5.41) is 6.09. The molecule has 1 unspecified atom stereocenters. The molecule has 1 saturated heterocycles. The first-order valence-electron chi connectivity index (χ1n) is 6.12. The molecule has 1 aromatic rings. The molecule has 0 saturated carbocycles. The Hall–Kier alpha value is -0.840. The van der Waals surface area contributed by atoms with Crippen LogP contribution in [-0.4, -0.2) is 18.5 Å². The number of nitrogens with one attached hydrogen (secondary N) is 2. The van der Waals surface area contributed by atoms with Gasteiger partial charge in [-0.15, -0.1) is 12.4 Å². The van der Waals surface area contributed by atoms with Crippen LogP contribution in [0.4, 0.5) is 4.39 Å². The first kappa shape index (κ1) is 16.2. The van der Waals surface area contributed by atoms with E-state index in [1.54, 1.807) is 6.07 Å². The SMILES string of the molecule is Cl.O=C(NCc1ccc(F)c(Cl)c1)C1CCCCN1. The molecule has 106 valence electrons. The first-order chi connectivity index (χ1) is 8.66. The average molecular weight is 307 g/mol. The van der Waals surface area contributed by atoms with Crippen LogP contribution in [-0.2, 0) is 11.3 Å². The summed E-state index contributed by atoms with van der Waals surface area (Å²) < 4.78 is 13.0. The Morgan fingerprint density at radius 3 is 2.89 bits per heavy atom. The Balaban J connectivity index is 0.00000180. The highest BCUT2D eigenvalue weighted by Gasteiger charge is 2.19. The second-order valence-corrected chi connectivity index (χ2v) is 4.88. The lowest BCUT2D eigenvalue weighted by Crippen LogP contribution is -2.46. The maximum absolute atomic E-state index is 13.0. The zero-order valence-corrected chi connectivity index (χ0v) is 12.0. The van der Waals surface area contributed by atoms with Crippen LogP contribution in [0, 0.1) is 5.82 Å². The molecule has 0 aromatic heterocycles. The van der Waals surface area contributed by atoms with Crippen molar-refractivity contribution in [3.8, 4) is 0 Å². The lowest BCUT2D eigenvalue weighted by atomic mass is 10.0. The summed E-state index contributed by atoms with van der Waals surface area (Å²) in [4.78, 5) is 11.8. The quantitative estimate of drug-likeness (QED) is 0.901. The Morgan fingerprint density at radius 1 is 1.47 bits per heavy atom. The molecule has 0 aliphatic carbocycles. The van der Waals surface area contributed by atoms with E-state index >= 15 is 0 Å². The summed E-state index contributed by atoms with van der Waals surface area (Å²) in [6.45, 7) is 1.26. The molecule has 19 heavy (non-hydrogen) atoms. The van der Waals surface area contributed by atoms with Crippen LogP contribution in [0.25, 0.3) is 0 Å². The highest BCUT2D eigenvalue weighted by Crippen LogP contribution is 2.16. The normalized spacial score (nSPS) is 18.5. The van der Waals surface area contributed by atoms with Crippen LogP contribution in [0.15, 0.2) is 18.2 Å². The van der Waals surface area contributed by atoms with Gasteiger partial charge in [0.2, 0.25) is 5.91 Å². The fourth-order valence-corrected chi connectivity index (χ4v) is 2.24. The maximum atomic E-state index is 13.0. The van der Waals surface area contributed by atoms with E-state index in [9.17, 15) is 9.18 Å². The van der Waals surface area contributed by atoms with Gasteiger partial charge in [0.1, 0.15) is 5.82 Å². The minimum Gasteiger partial charge on any atom is -0.351 e. The fourth-order valence-electron chi connectivity index (χ4n) is 2.04. The molecule has 1 fully saturated rings. The zero-order valence-electron chi connectivity index (χ0n) is 10.4. The van der Waals surface area contributed by atoms with Crippen LogP contribution in [0.3, 0.4) is 0 Å². The third kappa shape index (κ3) is 4.64. The van der Waals surface area contributed by atoms with Gasteiger partial charge in [-0.25, -0.2) is 4.39 Å². The number of hydrogen-bond donors (Lipinski definition) is 2. The third-order valence-electron chi connectivity index (χ3n) is 3.08. The molecule has 1 aliphatic rings. The minimum atomic E-state index is -0.444. The Kier molecular flexibility index (Phi) is 6.55. The Morgan fingerprint density at radius 2 is 2.26 bits per heavy atom. The fraction of sp³-hybridized carbons (Fsp3) is 0.462. The van der Waals surface area contributed by atoms with Gasteiger partial charge in [0, 0.05) is 6.54 Å². The molecule has 1 amide bonds. The molecule has 1 atom stereocenters. The highest BCUT2D eigenvalue weighted by atomic mass is 35.5. The number of halogens is 3. The average Bonchev–Trinajstić information content (AvgIpc) is 2.41. The zero-order chi connectivity index (χ0) is 13.0. The van der Waals surface area contributed by atoms with E-state index in [4.69, 9.17) is 11.6 Å². The molecule has 3 nitrogen and oxygen atoms in total. The van der Waals surface area contributed by atoms with E-state index in [-0.39, 0.29) is 29.4 Å². The number of carbonyl (C=O) groups excluding carboxylic acids is 1. The molecule has 2 rings (SSSR count). The van der Waals surface area contributed by atoms with E-state index in [2.05, 4.69) is 10.6 Å². The van der Waals surface area contributed by atoms with E-state index in [1.807, 2.05) is 0 Å². The van der Waals surface area contributed by atoms with Crippen molar-refractivity contribution < 1.29 is 9.18 Å². The summed E-state index contributed by atoms with van der Waals surface area (Å²) in [6.07, 6.45) is 3.07. The molecule has 1 heterocycles. The van der Waals surface area contributed by atoms with E-state index in [1.165, 1.54) is 12.1 Å². The van der Waals surface area contributed by atoms with Gasteiger partial charge in [0.25, 0.3) is 0 Å². The summed E-state index contributed by atoms with van der Waals surface area (Å²) in [6, 6.07) is 4.36. The van der Waals surface area contributed by atoms with Crippen molar-refractivity contribution >= 4 is 29.9 Å². The van der Waals surface area contributed by atoms with Gasteiger partial charge in [0.15, 0.2) is 0 Å². The predicted octanol–water partition coefficient (Wildman–Crippen LogP) is 2.66. The summed E-state index contributed by atoms with van der Waals surface area (Å²) in [5.74, 6) is -0.448. The van der Waals surface area contributed by atoms with Gasteiger partial charge in [-0.1, -0.05) is 24.1 Å². The second-order valence-electron chi connectivity index (χ2n) is 4.47. The van der Waals surface area contributed by atoms with Crippen molar-refractivity contribution in [1.29, 1.82) is 0 Å². The van der Waals surface area contributed by atoms with Crippen molar-refractivity contribution in [2.24, 2.45) is 0 Å². The number of benzene rings is 1. The van der Waals surface area contributed by atoms with Crippen LogP contribution in [0.1, 0.15) is 24.8 Å². The van der Waals surface area contributed by atoms with E-state index < -0.39 is 5.82 Å². The molecule has 1 aromatic carbocycles. The number of carbonyl (C=O) groups is 1. The monoisotopic (exact) mass is 306 g/mol. The largest absolute Gasteiger partial charge is 0.351 e. The van der Waals surface area contributed by atoms with Gasteiger partial charge < -0.3 is 10.6 Å². The molecule has 1 aliphatic heterocycles. The van der Waals surface area contributed by atoms with Gasteiger partial charge in [-0.3, -0.25) is 4.79 Å². The van der Waals surface area contributed by atoms with Crippen LogP contribution >= 0.6 is 24.0 Å². The summed E-state index contributed by atoms with van der Waals surface area (Å²) >= 11 is 5.68. The van der Waals surface area contributed by atoms with Gasteiger partial charge in [0.05, 0.1) is 11.1 Å².